The summed E-state index contributed by atoms with van der Waals surface area (Å²) in [6.45, 7) is 0. The molecule has 1 N–H and O–H groups in total. The van der Waals surface area contributed by atoms with Crippen molar-refractivity contribution in [2.45, 2.75) is 0 Å². The van der Waals surface area contributed by atoms with Crippen LogP contribution in [0.5, 0.6) is 11.5 Å². The maximum atomic E-state index is 11.8. The first-order valence-corrected chi connectivity index (χ1v) is 5.82. The van der Waals surface area contributed by atoms with Crippen molar-refractivity contribution in [1.29, 1.82) is 0 Å². The Kier molecular flexibility index (Phi) is 3.73. The predicted molar refractivity (Wildman–Crippen MR) is 67.4 cm³/mol. The molecule has 2 rings (SSSR count). The summed E-state index contributed by atoms with van der Waals surface area (Å²) in [6.07, 6.45) is 1.41. The van der Waals surface area contributed by atoms with Gasteiger partial charge in [-0.3, -0.25) is 4.79 Å². The molecule has 94 valence electrons. The highest BCUT2D eigenvalue weighted by atomic mass is 32.1. The van der Waals surface area contributed by atoms with Crippen molar-refractivity contribution in [2.75, 3.05) is 19.5 Å². The van der Waals surface area contributed by atoms with Crippen LogP contribution < -0.4 is 14.8 Å². The average Bonchev–Trinajstić information content (AvgIpc) is 2.93. The van der Waals surface area contributed by atoms with E-state index in [9.17, 15) is 4.79 Å². The predicted octanol–water partition coefficient (Wildman–Crippen LogP) is 1.81. The van der Waals surface area contributed by atoms with Gasteiger partial charge in [-0.1, -0.05) is 4.49 Å². The van der Waals surface area contributed by atoms with E-state index in [0.717, 1.165) is 11.5 Å². The van der Waals surface area contributed by atoms with Crippen molar-refractivity contribution < 1.29 is 14.3 Å². The van der Waals surface area contributed by atoms with Crippen LogP contribution in [0.15, 0.2) is 24.4 Å². The summed E-state index contributed by atoms with van der Waals surface area (Å²) >= 11 is 1.03. The number of hydrogen-bond donors (Lipinski definition) is 1. The van der Waals surface area contributed by atoms with Gasteiger partial charge in [0.2, 0.25) is 0 Å². The number of benzene rings is 1. The fourth-order valence-corrected chi connectivity index (χ4v) is 1.76. The summed E-state index contributed by atoms with van der Waals surface area (Å²) in [6, 6.07) is 5.15. The number of anilines is 1. The molecule has 2 aromatic rings. The normalized spacial score (nSPS) is 9.89. The zero-order chi connectivity index (χ0) is 13.0. The van der Waals surface area contributed by atoms with Crippen molar-refractivity contribution in [3.05, 3.63) is 29.3 Å². The van der Waals surface area contributed by atoms with Crippen molar-refractivity contribution in [1.82, 2.24) is 9.59 Å². The molecule has 0 unspecified atom stereocenters. The first kappa shape index (κ1) is 12.3. The largest absolute Gasteiger partial charge is 0.497 e. The third kappa shape index (κ3) is 2.57. The van der Waals surface area contributed by atoms with Crippen LogP contribution in [-0.2, 0) is 0 Å². The van der Waals surface area contributed by atoms with E-state index in [1.807, 2.05) is 0 Å². The minimum absolute atomic E-state index is 0.270. The number of carbonyl (C=O) groups excluding carboxylic acids is 1. The molecule has 0 saturated heterocycles. The molecule has 1 aromatic heterocycles. The number of nitrogens with zero attached hydrogens (tertiary/aromatic N) is 2. The van der Waals surface area contributed by atoms with E-state index in [2.05, 4.69) is 14.9 Å². The molecule has 0 aliphatic carbocycles. The van der Waals surface area contributed by atoms with Crippen LogP contribution >= 0.6 is 11.5 Å². The summed E-state index contributed by atoms with van der Waals surface area (Å²) in [5.41, 5.74) is 0.566. The lowest BCUT2D eigenvalue weighted by molar-refractivity contribution is 0.103. The van der Waals surface area contributed by atoms with Crippen LogP contribution in [0.2, 0.25) is 0 Å². The minimum atomic E-state index is -0.270. The molecule has 1 aromatic carbocycles. The summed E-state index contributed by atoms with van der Waals surface area (Å²) in [4.78, 5) is 12.3. The number of amides is 1. The quantitative estimate of drug-likeness (QED) is 0.912. The number of methoxy groups -OCH3 is 2. The lowest BCUT2D eigenvalue weighted by atomic mass is 10.2. The van der Waals surface area contributed by atoms with Gasteiger partial charge >= 0.3 is 0 Å². The van der Waals surface area contributed by atoms with E-state index in [0.29, 0.717) is 22.1 Å². The Bertz CT molecular complexity index is 542. The highest BCUT2D eigenvalue weighted by molar-refractivity contribution is 7.07. The zero-order valence-electron chi connectivity index (χ0n) is 9.84. The third-order valence-corrected chi connectivity index (χ3v) is 2.91. The Morgan fingerprint density at radius 2 is 2.17 bits per heavy atom. The van der Waals surface area contributed by atoms with Gasteiger partial charge in [0.15, 0.2) is 0 Å². The first-order valence-electron chi connectivity index (χ1n) is 5.05. The minimum Gasteiger partial charge on any atom is -0.497 e. The van der Waals surface area contributed by atoms with Crippen LogP contribution in [0, 0.1) is 0 Å². The molecule has 0 spiro atoms. The Morgan fingerprint density at radius 1 is 1.33 bits per heavy atom. The van der Waals surface area contributed by atoms with E-state index < -0.39 is 0 Å². The number of rotatable bonds is 4. The molecule has 0 aliphatic heterocycles. The SMILES string of the molecule is COc1ccc(NC(=O)c2cnns2)c(OC)c1. The van der Waals surface area contributed by atoms with Crippen LogP contribution in [0.1, 0.15) is 9.67 Å². The zero-order valence-corrected chi connectivity index (χ0v) is 10.7. The van der Waals surface area contributed by atoms with Gasteiger partial charge in [0, 0.05) is 6.07 Å². The number of nitrogens with one attached hydrogen (secondary N) is 1. The first-order chi connectivity index (χ1) is 8.74. The van der Waals surface area contributed by atoms with E-state index in [1.54, 1.807) is 25.3 Å². The second kappa shape index (κ2) is 5.46. The van der Waals surface area contributed by atoms with E-state index >= 15 is 0 Å². The summed E-state index contributed by atoms with van der Waals surface area (Å²) in [5.74, 6) is 0.915. The summed E-state index contributed by atoms with van der Waals surface area (Å²) in [5, 5.41) is 6.34. The summed E-state index contributed by atoms with van der Waals surface area (Å²) in [7, 11) is 3.09. The molecular weight excluding hydrogens is 254 g/mol. The molecule has 1 amide bonds. The number of ether oxygens (including phenoxy) is 2. The van der Waals surface area contributed by atoms with Gasteiger partial charge in [-0.25, -0.2) is 0 Å². The van der Waals surface area contributed by atoms with Crippen molar-refractivity contribution in [3.8, 4) is 11.5 Å². The number of aromatic nitrogens is 2. The molecule has 6 nitrogen and oxygen atoms in total. The molecule has 1 heterocycles. The third-order valence-electron chi connectivity index (χ3n) is 2.24. The van der Waals surface area contributed by atoms with Crippen LogP contribution in [-0.4, -0.2) is 29.7 Å². The molecule has 0 atom stereocenters. The Morgan fingerprint density at radius 3 is 2.78 bits per heavy atom. The van der Waals surface area contributed by atoms with Gasteiger partial charge in [-0.15, -0.1) is 5.10 Å². The highest BCUT2D eigenvalue weighted by Gasteiger charge is 2.12. The topological polar surface area (TPSA) is 73.3 Å². The molecule has 0 bridgehead atoms. The fraction of sp³-hybridized carbons (Fsp3) is 0.182. The second-order valence-electron chi connectivity index (χ2n) is 3.30. The van der Waals surface area contributed by atoms with Crippen LogP contribution in [0.3, 0.4) is 0 Å². The molecule has 18 heavy (non-hydrogen) atoms. The molecule has 0 radical (unpaired) electrons. The van der Waals surface area contributed by atoms with Crippen LogP contribution in [0.4, 0.5) is 5.69 Å². The maximum absolute atomic E-state index is 11.8. The van der Waals surface area contributed by atoms with Gasteiger partial charge in [-0.05, 0) is 23.7 Å². The molecule has 0 aliphatic rings. The molecular formula is C11H11N3O3S. The van der Waals surface area contributed by atoms with E-state index in [1.165, 1.54) is 13.3 Å². The Balaban J connectivity index is 2.21. The van der Waals surface area contributed by atoms with Gasteiger partial charge in [0.1, 0.15) is 16.4 Å². The van der Waals surface area contributed by atoms with Crippen molar-refractivity contribution >= 4 is 23.1 Å². The van der Waals surface area contributed by atoms with Crippen LogP contribution in [0.25, 0.3) is 0 Å². The van der Waals surface area contributed by atoms with Gasteiger partial charge in [0.05, 0.1) is 26.1 Å². The standard InChI is InChI=1S/C11H11N3O3S/c1-16-7-3-4-8(9(5-7)17-2)13-11(15)10-6-12-14-18-10/h3-6H,1-2H3,(H,13,15). The average molecular weight is 265 g/mol. The van der Waals surface area contributed by atoms with Gasteiger partial charge in [-0.2, -0.15) is 0 Å². The summed E-state index contributed by atoms with van der Waals surface area (Å²) < 4.78 is 13.9. The van der Waals surface area contributed by atoms with Gasteiger partial charge < -0.3 is 14.8 Å². The lowest BCUT2D eigenvalue weighted by Gasteiger charge is -2.10. The molecule has 0 fully saturated rings. The monoisotopic (exact) mass is 265 g/mol. The van der Waals surface area contributed by atoms with Crippen molar-refractivity contribution in [2.24, 2.45) is 0 Å². The van der Waals surface area contributed by atoms with E-state index in [-0.39, 0.29) is 5.91 Å². The maximum Gasteiger partial charge on any atom is 0.269 e. The van der Waals surface area contributed by atoms with E-state index in [4.69, 9.17) is 9.47 Å². The molecule has 0 saturated carbocycles. The number of hydrogen-bond acceptors (Lipinski definition) is 6. The highest BCUT2D eigenvalue weighted by Crippen LogP contribution is 2.29. The fourth-order valence-electron chi connectivity index (χ4n) is 1.35. The lowest BCUT2D eigenvalue weighted by Crippen LogP contribution is -2.11. The van der Waals surface area contributed by atoms with Crippen molar-refractivity contribution in [3.63, 3.8) is 0 Å². The Hall–Kier alpha value is -2.15. The smallest absolute Gasteiger partial charge is 0.269 e. The number of carbonyl (C=O) groups is 1. The van der Waals surface area contributed by atoms with Gasteiger partial charge in [0.25, 0.3) is 5.91 Å². The molecule has 7 heteroatoms. The second-order valence-corrected chi connectivity index (χ2v) is 4.09. The Labute approximate surface area is 108 Å².